The van der Waals surface area contributed by atoms with Gasteiger partial charge in [-0.2, -0.15) is 0 Å². The van der Waals surface area contributed by atoms with Crippen molar-refractivity contribution in [2.45, 2.75) is 20.3 Å². The van der Waals surface area contributed by atoms with Gasteiger partial charge in [0, 0.05) is 0 Å². The summed E-state index contributed by atoms with van der Waals surface area (Å²) in [5, 5.41) is 2.17. The molecule has 172 valence electrons. The number of anilines is 1. The number of hydrogen-bond acceptors (Lipinski definition) is 7. The molecule has 0 radical (unpaired) electrons. The Morgan fingerprint density at radius 1 is 1.03 bits per heavy atom. The summed E-state index contributed by atoms with van der Waals surface area (Å²) in [6.07, 6.45) is 2.20. The summed E-state index contributed by atoms with van der Waals surface area (Å²) in [5.74, 6) is -1.13. The highest BCUT2D eigenvalue weighted by Gasteiger charge is 2.36. The van der Waals surface area contributed by atoms with Crippen LogP contribution in [0.25, 0.3) is 6.08 Å². The van der Waals surface area contributed by atoms with E-state index in [2.05, 4.69) is 5.32 Å². The smallest absolute Gasteiger partial charge is 0.338 e. The third-order valence-corrected chi connectivity index (χ3v) is 4.70. The van der Waals surface area contributed by atoms with E-state index in [0.717, 1.165) is 11.3 Å². The summed E-state index contributed by atoms with van der Waals surface area (Å²) >= 11 is 0. The van der Waals surface area contributed by atoms with E-state index in [1.54, 1.807) is 25.1 Å². The number of hydrogen-bond donors (Lipinski definition) is 1. The SMILES string of the molecule is CCCOc1ccc(/C=C2\C(=O)NC(=O)N(c3ccc(C(=O)OCC)cc3)C2=O)cc1OC. The van der Waals surface area contributed by atoms with Crippen LogP contribution in [0.2, 0.25) is 0 Å². The zero-order valence-corrected chi connectivity index (χ0v) is 18.5. The van der Waals surface area contributed by atoms with Crippen molar-refractivity contribution in [2.75, 3.05) is 25.2 Å². The minimum Gasteiger partial charge on any atom is -0.493 e. The van der Waals surface area contributed by atoms with Crippen molar-refractivity contribution >= 4 is 35.6 Å². The van der Waals surface area contributed by atoms with Crippen molar-refractivity contribution in [1.29, 1.82) is 0 Å². The average molecular weight is 452 g/mol. The first-order valence-corrected chi connectivity index (χ1v) is 10.4. The Balaban J connectivity index is 1.90. The van der Waals surface area contributed by atoms with Gasteiger partial charge in [-0.15, -0.1) is 0 Å². The molecule has 0 bridgehead atoms. The Morgan fingerprint density at radius 3 is 2.39 bits per heavy atom. The van der Waals surface area contributed by atoms with Crippen LogP contribution in [-0.4, -0.2) is 44.1 Å². The number of benzene rings is 2. The largest absolute Gasteiger partial charge is 0.493 e. The monoisotopic (exact) mass is 452 g/mol. The fourth-order valence-corrected chi connectivity index (χ4v) is 3.12. The lowest BCUT2D eigenvalue weighted by atomic mass is 10.1. The van der Waals surface area contributed by atoms with Crippen LogP contribution in [0.3, 0.4) is 0 Å². The summed E-state index contributed by atoms with van der Waals surface area (Å²) in [5.41, 5.74) is 0.758. The molecule has 0 unspecified atom stereocenters. The number of nitrogens with one attached hydrogen (secondary N) is 1. The zero-order valence-electron chi connectivity index (χ0n) is 18.5. The van der Waals surface area contributed by atoms with E-state index in [1.165, 1.54) is 37.5 Å². The van der Waals surface area contributed by atoms with Crippen molar-refractivity contribution in [1.82, 2.24) is 5.32 Å². The van der Waals surface area contributed by atoms with Crippen LogP contribution in [0.1, 0.15) is 36.2 Å². The van der Waals surface area contributed by atoms with Crippen LogP contribution < -0.4 is 19.7 Å². The maximum absolute atomic E-state index is 13.1. The Bertz CT molecular complexity index is 1110. The highest BCUT2D eigenvalue weighted by atomic mass is 16.5. The fourth-order valence-electron chi connectivity index (χ4n) is 3.12. The molecule has 4 amide bonds. The molecule has 0 aromatic heterocycles. The molecule has 9 nitrogen and oxygen atoms in total. The topological polar surface area (TPSA) is 111 Å². The highest BCUT2D eigenvalue weighted by molar-refractivity contribution is 6.39. The molecule has 0 atom stereocenters. The number of carbonyl (C=O) groups is 4. The number of carbonyl (C=O) groups excluding carboxylic acids is 4. The molecule has 0 aliphatic carbocycles. The molecule has 0 spiro atoms. The molecule has 1 saturated heterocycles. The number of rotatable bonds is 8. The standard InChI is InChI=1S/C24H24N2O7/c1-4-12-33-19-11-6-15(14-20(19)31-3)13-18-21(27)25-24(30)26(22(18)28)17-9-7-16(8-10-17)23(29)32-5-2/h6-11,13-14H,4-5,12H2,1-3H3,(H,25,27,30)/b18-13+. The lowest BCUT2D eigenvalue weighted by Crippen LogP contribution is -2.54. The van der Waals surface area contributed by atoms with E-state index in [9.17, 15) is 19.2 Å². The first kappa shape index (κ1) is 23.5. The molecule has 0 saturated carbocycles. The molecule has 1 N–H and O–H groups in total. The number of nitrogens with zero attached hydrogens (tertiary/aromatic N) is 1. The van der Waals surface area contributed by atoms with E-state index in [4.69, 9.17) is 14.2 Å². The van der Waals surface area contributed by atoms with Crippen LogP contribution in [0.4, 0.5) is 10.5 Å². The number of barbiturate groups is 1. The number of imide groups is 2. The Hall–Kier alpha value is -4.14. The first-order valence-electron chi connectivity index (χ1n) is 10.4. The van der Waals surface area contributed by atoms with Crippen molar-refractivity contribution in [3.63, 3.8) is 0 Å². The van der Waals surface area contributed by atoms with Crippen molar-refractivity contribution in [3.05, 3.63) is 59.2 Å². The van der Waals surface area contributed by atoms with E-state index >= 15 is 0 Å². The van der Waals surface area contributed by atoms with Crippen molar-refractivity contribution in [2.24, 2.45) is 0 Å². The maximum Gasteiger partial charge on any atom is 0.338 e. The first-order chi connectivity index (χ1) is 15.9. The van der Waals surface area contributed by atoms with Gasteiger partial charge in [0.1, 0.15) is 5.57 Å². The Labute approximate surface area is 190 Å². The van der Waals surface area contributed by atoms with Gasteiger partial charge >= 0.3 is 12.0 Å². The number of amides is 4. The molecule has 1 aliphatic heterocycles. The van der Waals surface area contributed by atoms with Gasteiger partial charge in [0.05, 0.1) is 31.6 Å². The Morgan fingerprint density at radius 2 is 1.76 bits per heavy atom. The second-order valence-electron chi connectivity index (χ2n) is 6.98. The molecule has 1 fully saturated rings. The van der Waals surface area contributed by atoms with Crippen molar-refractivity contribution < 1.29 is 33.4 Å². The minimum absolute atomic E-state index is 0.199. The number of esters is 1. The van der Waals surface area contributed by atoms with E-state index < -0.39 is 23.8 Å². The van der Waals surface area contributed by atoms with E-state index in [-0.39, 0.29) is 23.4 Å². The third-order valence-electron chi connectivity index (χ3n) is 4.70. The van der Waals surface area contributed by atoms with Gasteiger partial charge in [-0.3, -0.25) is 14.9 Å². The van der Waals surface area contributed by atoms with Crippen LogP contribution >= 0.6 is 0 Å². The molecule has 9 heteroatoms. The van der Waals surface area contributed by atoms with Gasteiger partial charge in [0.25, 0.3) is 11.8 Å². The van der Waals surface area contributed by atoms with Crippen LogP contribution in [0.5, 0.6) is 11.5 Å². The molecular formula is C24H24N2O7. The quantitative estimate of drug-likeness (QED) is 0.371. The molecule has 33 heavy (non-hydrogen) atoms. The average Bonchev–Trinajstić information content (AvgIpc) is 2.81. The molecule has 1 heterocycles. The van der Waals surface area contributed by atoms with Gasteiger partial charge in [0.15, 0.2) is 11.5 Å². The summed E-state index contributed by atoms with van der Waals surface area (Å²) in [7, 11) is 1.49. The maximum atomic E-state index is 13.1. The molecule has 2 aromatic rings. The number of urea groups is 1. The lowest BCUT2D eigenvalue weighted by Gasteiger charge is -2.26. The summed E-state index contributed by atoms with van der Waals surface area (Å²) in [6, 6.07) is 9.85. The minimum atomic E-state index is -0.882. The Kier molecular flexibility index (Phi) is 7.45. The van der Waals surface area contributed by atoms with E-state index in [1.807, 2.05) is 6.92 Å². The molecule has 3 rings (SSSR count). The predicted molar refractivity (Wildman–Crippen MR) is 120 cm³/mol. The molecule has 2 aromatic carbocycles. The second-order valence-corrected chi connectivity index (χ2v) is 6.98. The number of methoxy groups -OCH3 is 1. The van der Waals surface area contributed by atoms with E-state index in [0.29, 0.717) is 23.7 Å². The fraction of sp³-hybridized carbons (Fsp3) is 0.250. The lowest BCUT2D eigenvalue weighted by molar-refractivity contribution is -0.122. The normalized spacial score (nSPS) is 14.8. The van der Waals surface area contributed by atoms with Crippen molar-refractivity contribution in [3.8, 4) is 11.5 Å². The van der Waals surface area contributed by atoms with Gasteiger partial charge in [-0.25, -0.2) is 14.5 Å². The predicted octanol–water partition coefficient (Wildman–Crippen LogP) is 3.33. The van der Waals surface area contributed by atoms with Crippen LogP contribution in [0, 0.1) is 0 Å². The second kappa shape index (κ2) is 10.4. The zero-order chi connectivity index (χ0) is 24.0. The summed E-state index contributed by atoms with van der Waals surface area (Å²) in [6.45, 7) is 4.41. The van der Waals surface area contributed by atoms with Gasteiger partial charge in [-0.05, 0) is 61.4 Å². The van der Waals surface area contributed by atoms with Crippen LogP contribution in [-0.2, 0) is 14.3 Å². The number of ether oxygens (including phenoxy) is 3. The molecule has 1 aliphatic rings. The molecular weight excluding hydrogens is 428 g/mol. The van der Waals surface area contributed by atoms with Gasteiger partial charge < -0.3 is 14.2 Å². The van der Waals surface area contributed by atoms with Gasteiger partial charge in [-0.1, -0.05) is 13.0 Å². The summed E-state index contributed by atoms with van der Waals surface area (Å²) in [4.78, 5) is 50.5. The summed E-state index contributed by atoms with van der Waals surface area (Å²) < 4.78 is 15.9. The van der Waals surface area contributed by atoms with Gasteiger partial charge in [0.2, 0.25) is 0 Å². The third kappa shape index (κ3) is 5.20. The highest BCUT2D eigenvalue weighted by Crippen LogP contribution is 2.30. The van der Waals surface area contributed by atoms with Crippen LogP contribution in [0.15, 0.2) is 48.0 Å².